The second kappa shape index (κ2) is 3.70. The zero-order valence-corrected chi connectivity index (χ0v) is 10.4. The van der Waals surface area contributed by atoms with Crippen LogP contribution in [0.15, 0.2) is 15.8 Å². The fraction of sp³-hybridized carbons (Fsp3) is 0.444. The molecule has 0 aromatic carbocycles. The molecule has 0 radical (unpaired) electrons. The smallest absolute Gasteiger partial charge is 0.325 e. The van der Waals surface area contributed by atoms with E-state index in [-0.39, 0.29) is 17.2 Å². The van der Waals surface area contributed by atoms with Crippen molar-refractivity contribution in [3.8, 4) is 0 Å². The lowest BCUT2D eigenvalue weighted by Crippen LogP contribution is -2.41. The van der Waals surface area contributed by atoms with Gasteiger partial charge in [-0.15, -0.1) is 0 Å². The third kappa shape index (κ3) is 1.84. The summed E-state index contributed by atoms with van der Waals surface area (Å²) in [6.45, 7) is 0. The highest BCUT2D eigenvalue weighted by molar-refractivity contribution is 7.91. The van der Waals surface area contributed by atoms with E-state index in [4.69, 9.17) is 0 Å². The van der Waals surface area contributed by atoms with Gasteiger partial charge in [0.05, 0.1) is 23.6 Å². The van der Waals surface area contributed by atoms with Crippen molar-refractivity contribution in [3.05, 3.63) is 27.0 Å². The van der Waals surface area contributed by atoms with Gasteiger partial charge in [0.15, 0.2) is 9.84 Å². The highest BCUT2D eigenvalue weighted by Crippen LogP contribution is 2.26. The van der Waals surface area contributed by atoms with Crippen molar-refractivity contribution in [1.82, 2.24) is 15.3 Å². The molecule has 0 bridgehead atoms. The number of H-pyrrole nitrogens is 2. The highest BCUT2D eigenvalue weighted by atomic mass is 32.2. The molecule has 0 saturated carbocycles. The molecule has 0 unspecified atom stereocenters. The fourth-order valence-electron chi connectivity index (χ4n) is 2.47. The molecule has 2 atom stereocenters. The molecule has 9 nitrogen and oxygen atoms in total. The van der Waals surface area contributed by atoms with Gasteiger partial charge in [-0.3, -0.25) is 14.7 Å². The van der Waals surface area contributed by atoms with E-state index in [9.17, 15) is 22.8 Å². The largest absolute Gasteiger partial charge is 0.332 e. The minimum Gasteiger partial charge on any atom is -0.332 e. The molecule has 1 aromatic heterocycles. The molecular weight excluding hydrogens is 276 g/mol. The minimum absolute atomic E-state index is 0.0679. The molecule has 2 amide bonds. The topological polar surface area (TPSA) is 132 Å². The van der Waals surface area contributed by atoms with Crippen LogP contribution in [0.5, 0.6) is 0 Å². The van der Waals surface area contributed by atoms with Gasteiger partial charge in [-0.1, -0.05) is 0 Å². The summed E-state index contributed by atoms with van der Waals surface area (Å²) in [4.78, 5) is 39.8. The number of urea groups is 1. The molecular formula is C9H10N4O5S. The Balaban J connectivity index is 2.07. The Morgan fingerprint density at radius 2 is 1.95 bits per heavy atom. The summed E-state index contributed by atoms with van der Waals surface area (Å²) >= 11 is 0. The maximum atomic E-state index is 11.8. The first kappa shape index (κ1) is 12.0. The zero-order valence-electron chi connectivity index (χ0n) is 9.54. The number of fused-ring (bicyclic) bond motifs is 1. The van der Waals surface area contributed by atoms with E-state index in [2.05, 4.69) is 10.3 Å². The fourth-order valence-corrected chi connectivity index (χ4v) is 4.36. The molecule has 3 rings (SSSR count). The predicted octanol–water partition coefficient (Wildman–Crippen LogP) is -2.24. The van der Waals surface area contributed by atoms with E-state index in [1.807, 2.05) is 4.98 Å². The molecule has 1 aromatic rings. The Kier molecular flexibility index (Phi) is 2.33. The van der Waals surface area contributed by atoms with E-state index in [0.717, 1.165) is 11.1 Å². The van der Waals surface area contributed by atoms with Crippen molar-refractivity contribution in [3.63, 3.8) is 0 Å². The Morgan fingerprint density at radius 3 is 2.63 bits per heavy atom. The third-order valence-electron chi connectivity index (χ3n) is 3.24. The van der Waals surface area contributed by atoms with Crippen LogP contribution >= 0.6 is 0 Å². The number of hydrogen-bond acceptors (Lipinski definition) is 5. The van der Waals surface area contributed by atoms with Crippen LogP contribution in [0.3, 0.4) is 0 Å². The lowest BCUT2D eigenvalue weighted by molar-refractivity contribution is 0.251. The summed E-state index contributed by atoms with van der Waals surface area (Å²) in [6.07, 6.45) is 1.11. The number of amides is 2. The molecule has 102 valence electrons. The summed E-state index contributed by atoms with van der Waals surface area (Å²) in [6, 6.07) is -1.68. The second-order valence-electron chi connectivity index (χ2n) is 4.53. The van der Waals surface area contributed by atoms with Crippen LogP contribution in [0.4, 0.5) is 10.5 Å². The quantitative estimate of drug-likeness (QED) is 0.502. The number of aromatic amines is 2. The van der Waals surface area contributed by atoms with Gasteiger partial charge in [-0.05, 0) is 0 Å². The lowest BCUT2D eigenvalue weighted by Gasteiger charge is -2.19. The van der Waals surface area contributed by atoms with Crippen molar-refractivity contribution in [2.24, 2.45) is 0 Å². The molecule has 3 heterocycles. The van der Waals surface area contributed by atoms with Crippen molar-refractivity contribution in [2.45, 2.75) is 12.1 Å². The summed E-state index contributed by atoms with van der Waals surface area (Å²) in [7, 11) is -3.23. The van der Waals surface area contributed by atoms with Crippen LogP contribution in [0, 0.1) is 0 Å². The maximum absolute atomic E-state index is 11.8. The first-order valence-electron chi connectivity index (χ1n) is 5.49. The monoisotopic (exact) mass is 286 g/mol. The number of rotatable bonds is 1. The molecule has 10 heteroatoms. The molecule has 2 aliphatic rings. The molecule has 19 heavy (non-hydrogen) atoms. The van der Waals surface area contributed by atoms with Crippen molar-refractivity contribution >= 4 is 21.6 Å². The first-order valence-corrected chi connectivity index (χ1v) is 7.32. The van der Waals surface area contributed by atoms with Gasteiger partial charge in [-0.25, -0.2) is 18.0 Å². The molecule has 0 aliphatic carbocycles. The standard InChI is InChI=1S/C9H10N4O5S/c14-7-5(1-10-8(15)12-7)13-6-3-19(17,18)2-4(6)11-9(13)16/h1,4,6H,2-3H2,(H,11,16)(H2,10,12,14,15)/t4-,6-/m1/s1. The number of aromatic nitrogens is 2. The van der Waals surface area contributed by atoms with Gasteiger partial charge in [0.25, 0.3) is 5.56 Å². The number of hydrogen-bond donors (Lipinski definition) is 3. The third-order valence-corrected chi connectivity index (χ3v) is 4.96. The molecule has 0 spiro atoms. The van der Waals surface area contributed by atoms with Gasteiger partial charge in [0, 0.05) is 6.20 Å². The minimum atomic E-state index is -3.23. The van der Waals surface area contributed by atoms with Crippen LogP contribution in [0.25, 0.3) is 0 Å². The van der Waals surface area contributed by atoms with Crippen LogP contribution < -0.4 is 21.5 Å². The molecule has 2 fully saturated rings. The van der Waals surface area contributed by atoms with E-state index >= 15 is 0 Å². The summed E-state index contributed by atoms with van der Waals surface area (Å²) in [5.74, 6) is -0.337. The van der Waals surface area contributed by atoms with Gasteiger partial charge in [0.2, 0.25) is 0 Å². The normalized spacial score (nSPS) is 28.2. The number of sulfone groups is 1. The van der Waals surface area contributed by atoms with Gasteiger partial charge in [0.1, 0.15) is 5.69 Å². The van der Waals surface area contributed by atoms with Gasteiger partial charge >= 0.3 is 11.7 Å². The lowest BCUT2D eigenvalue weighted by atomic mass is 10.2. The van der Waals surface area contributed by atoms with Crippen molar-refractivity contribution in [1.29, 1.82) is 0 Å². The first-order chi connectivity index (χ1) is 8.87. The number of carbonyl (C=O) groups is 1. The van der Waals surface area contributed by atoms with Crippen LogP contribution in [0.1, 0.15) is 0 Å². The SMILES string of the molecule is O=C1N[C@@H]2CS(=O)(=O)C[C@H]2N1c1c[nH]c(=O)[nH]c1=O. The Bertz CT molecular complexity index is 763. The average molecular weight is 286 g/mol. The van der Waals surface area contributed by atoms with E-state index in [0.29, 0.717) is 0 Å². The maximum Gasteiger partial charge on any atom is 0.325 e. The highest BCUT2D eigenvalue weighted by Gasteiger charge is 2.49. The van der Waals surface area contributed by atoms with Crippen LogP contribution in [-0.4, -0.2) is 48.0 Å². The van der Waals surface area contributed by atoms with E-state index in [1.165, 1.54) is 0 Å². The predicted molar refractivity (Wildman–Crippen MR) is 64.9 cm³/mol. The summed E-state index contributed by atoms with van der Waals surface area (Å²) in [5, 5.41) is 2.52. The molecule has 3 N–H and O–H groups in total. The van der Waals surface area contributed by atoms with Gasteiger partial charge in [-0.2, -0.15) is 0 Å². The summed E-state index contributed by atoms with van der Waals surface area (Å²) in [5.41, 5.74) is -1.49. The van der Waals surface area contributed by atoms with E-state index < -0.39 is 39.2 Å². The molecule has 2 saturated heterocycles. The van der Waals surface area contributed by atoms with Crippen molar-refractivity contribution < 1.29 is 13.2 Å². The number of nitrogens with one attached hydrogen (secondary N) is 3. The van der Waals surface area contributed by atoms with Crippen molar-refractivity contribution in [2.75, 3.05) is 16.4 Å². The van der Waals surface area contributed by atoms with Crippen LogP contribution in [-0.2, 0) is 9.84 Å². The zero-order chi connectivity index (χ0) is 13.8. The molecule has 2 aliphatic heterocycles. The van der Waals surface area contributed by atoms with E-state index in [1.54, 1.807) is 0 Å². The number of anilines is 1. The average Bonchev–Trinajstić information content (AvgIpc) is 2.70. The number of carbonyl (C=O) groups excluding carboxylic acids is 1. The number of nitrogens with zero attached hydrogens (tertiary/aromatic N) is 1. The Morgan fingerprint density at radius 1 is 1.21 bits per heavy atom. The second-order valence-corrected chi connectivity index (χ2v) is 6.68. The Hall–Kier alpha value is -2.10. The van der Waals surface area contributed by atoms with Gasteiger partial charge < -0.3 is 10.3 Å². The Labute approximate surface area is 106 Å². The van der Waals surface area contributed by atoms with Crippen LogP contribution in [0.2, 0.25) is 0 Å². The summed E-state index contributed by atoms with van der Waals surface area (Å²) < 4.78 is 23.1.